The van der Waals surface area contributed by atoms with Gasteiger partial charge in [0.25, 0.3) is 0 Å². The Morgan fingerprint density at radius 2 is 2.33 bits per heavy atom. The van der Waals surface area contributed by atoms with Gasteiger partial charge in [-0.15, -0.1) is 24.8 Å². The van der Waals surface area contributed by atoms with Crippen LogP contribution in [0.3, 0.4) is 0 Å². The van der Waals surface area contributed by atoms with Gasteiger partial charge in [0.05, 0.1) is 13.2 Å². The first-order valence-electron chi connectivity index (χ1n) is 6.12. The van der Waals surface area contributed by atoms with Gasteiger partial charge in [0.2, 0.25) is 0 Å². The van der Waals surface area contributed by atoms with Gasteiger partial charge < -0.3 is 14.6 Å². The van der Waals surface area contributed by atoms with Crippen LogP contribution in [0, 0.1) is 12.8 Å². The van der Waals surface area contributed by atoms with Crippen LogP contribution < -0.4 is 5.32 Å². The van der Waals surface area contributed by atoms with Gasteiger partial charge in [0.1, 0.15) is 5.82 Å². The zero-order valence-electron chi connectivity index (χ0n) is 10.8. The summed E-state index contributed by atoms with van der Waals surface area (Å²) in [6, 6.07) is 0. The average Bonchev–Trinajstić information content (AvgIpc) is 2.72. The molecule has 4 nitrogen and oxygen atoms in total. The van der Waals surface area contributed by atoms with Crippen LogP contribution in [0.5, 0.6) is 0 Å². The van der Waals surface area contributed by atoms with Gasteiger partial charge in [-0.1, -0.05) is 0 Å². The fraction of sp³-hybridized carbons (Fsp3) is 0.750. The molecule has 2 rings (SSSR count). The molecule has 0 amide bonds. The molecule has 18 heavy (non-hydrogen) atoms. The van der Waals surface area contributed by atoms with E-state index in [0.717, 1.165) is 32.1 Å². The van der Waals surface area contributed by atoms with Crippen molar-refractivity contribution in [3.63, 3.8) is 0 Å². The molecule has 0 radical (unpaired) electrons. The van der Waals surface area contributed by atoms with Gasteiger partial charge in [-0.2, -0.15) is 0 Å². The summed E-state index contributed by atoms with van der Waals surface area (Å²) in [5, 5.41) is 3.40. The minimum absolute atomic E-state index is 0. The van der Waals surface area contributed by atoms with Gasteiger partial charge in [-0.05, 0) is 32.2 Å². The lowest BCUT2D eigenvalue weighted by molar-refractivity contribution is 0.0839. The smallest absolute Gasteiger partial charge is 0.105 e. The summed E-state index contributed by atoms with van der Waals surface area (Å²) >= 11 is 0. The molecular formula is C12H23Cl2N3O. The Hall–Kier alpha value is -0.290. The van der Waals surface area contributed by atoms with Crippen molar-refractivity contribution >= 4 is 24.8 Å². The molecule has 0 bridgehead atoms. The van der Waals surface area contributed by atoms with Crippen molar-refractivity contribution < 1.29 is 4.74 Å². The highest BCUT2D eigenvalue weighted by Gasteiger charge is 2.12. The number of imidazole rings is 1. The first-order valence-corrected chi connectivity index (χ1v) is 6.12. The highest BCUT2D eigenvalue weighted by molar-refractivity contribution is 5.85. The highest BCUT2D eigenvalue weighted by Crippen LogP contribution is 2.09. The molecule has 0 aromatic carbocycles. The fourth-order valence-corrected chi connectivity index (χ4v) is 2.12. The van der Waals surface area contributed by atoms with E-state index in [1.165, 1.54) is 19.4 Å². The van der Waals surface area contributed by atoms with Crippen LogP contribution in [0.25, 0.3) is 0 Å². The van der Waals surface area contributed by atoms with E-state index in [0.29, 0.717) is 5.92 Å². The lowest BCUT2D eigenvalue weighted by Gasteiger charge is -2.22. The molecule has 1 saturated heterocycles. The number of ether oxygens (including phenoxy) is 1. The van der Waals surface area contributed by atoms with Crippen LogP contribution in [-0.4, -0.2) is 35.9 Å². The summed E-state index contributed by atoms with van der Waals surface area (Å²) in [4.78, 5) is 4.18. The molecule has 0 unspecified atom stereocenters. The summed E-state index contributed by atoms with van der Waals surface area (Å²) in [6.07, 6.45) is 6.42. The minimum Gasteiger partial charge on any atom is -0.379 e. The number of piperidine rings is 1. The minimum atomic E-state index is 0. The number of aryl methyl sites for hydroxylation is 1. The molecule has 0 spiro atoms. The van der Waals surface area contributed by atoms with E-state index in [1.807, 2.05) is 19.3 Å². The topological polar surface area (TPSA) is 39.1 Å². The molecule has 0 saturated carbocycles. The molecule has 1 aromatic rings. The van der Waals surface area contributed by atoms with Crippen LogP contribution in [0.2, 0.25) is 0 Å². The quantitative estimate of drug-likeness (QED) is 0.845. The largest absolute Gasteiger partial charge is 0.379 e. The Bertz CT molecular complexity index is 314. The van der Waals surface area contributed by atoms with E-state index in [1.54, 1.807) is 0 Å². The van der Waals surface area contributed by atoms with E-state index >= 15 is 0 Å². The van der Waals surface area contributed by atoms with Crippen molar-refractivity contribution in [3.8, 4) is 0 Å². The average molecular weight is 296 g/mol. The zero-order valence-corrected chi connectivity index (χ0v) is 12.4. The predicted octanol–water partition coefficient (Wildman–Crippen LogP) is 2.05. The number of nitrogens with zero attached hydrogens (tertiary/aromatic N) is 2. The monoisotopic (exact) mass is 295 g/mol. The third kappa shape index (κ3) is 5.57. The second-order valence-electron chi connectivity index (χ2n) is 4.46. The number of aromatic nitrogens is 2. The molecule has 0 aliphatic carbocycles. The van der Waals surface area contributed by atoms with Crippen molar-refractivity contribution in [2.45, 2.75) is 26.3 Å². The normalized spacial score (nSPS) is 18.8. The second-order valence-corrected chi connectivity index (χ2v) is 4.46. The van der Waals surface area contributed by atoms with Crippen molar-refractivity contribution in [1.29, 1.82) is 0 Å². The van der Waals surface area contributed by atoms with Crippen molar-refractivity contribution in [1.82, 2.24) is 14.9 Å². The molecule has 6 heteroatoms. The predicted molar refractivity (Wildman–Crippen MR) is 77.9 cm³/mol. The summed E-state index contributed by atoms with van der Waals surface area (Å²) in [5.74, 6) is 1.76. The molecule has 1 atom stereocenters. The highest BCUT2D eigenvalue weighted by atomic mass is 35.5. The van der Waals surface area contributed by atoms with Gasteiger partial charge in [-0.25, -0.2) is 4.98 Å². The van der Waals surface area contributed by atoms with Crippen molar-refractivity contribution in [2.75, 3.05) is 26.3 Å². The maximum absolute atomic E-state index is 5.71. The Kier molecular flexibility index (Phi) is 9.46. The van der Waals surface area contributed by atoms with E-state index in [9.17, 15) is 0 Å². The Balaban J connectivity index is 0.00000144. The molecule has 2 heterocycles. The SMILES string of the molecule is Cc1nccn1CCOC[C@H]1CCCNC1.Cl.Cl. The lowest BCUT2D eigenvalue weighted by atomic mass is 10.0. The van der Waals surface area contributed by atoms with Crippen LogP contribution in [-0.2, 0) is 11.3 Å². The summed E-state index contributed by atoms with van der Waals surface area (Å²) in [6.45, 7) is 6.89. The standard InChI is InChI=1S/C12H21N3O.2ClH/c1-11-14-5-6-15(11)7-8-16-10-12-3-2-4-13-9-12;;/h5-6,12-13H,2-4,7-10H2,1H3;2*1H/t12-;;/m0../s1. The number of rotatable bonds is 5. The first-order chi connectivity index (χ1) is 7.86. The molecule has 1 aromatic heterocycles. The Morgan fingerprint density at radius 3 is 2.94 bits per heavy atom. The van der Waals surface area contributed by atoms with Crippen LogP contribution in [0.4, 0.5) is 0 Å². The molecule has 106 valence electrons. The molecule has 1 N–H and O–H groups in total. The van der Waals surface area contributed by atoms with E-state index in [2.05, 4.69) is 14.9 Å². The van der Waals surface area contributed by atoms with Crippen molar-refractivity contribution in [3.05, 3.63) is 18.2 Å². The zero-order chi connectivity index (χ0) is 11.2. The van der Waals surface area contributed by atoms with Crippen LogP contribution in [0.15, 0.2) is 12.4 Å². The molecular weight excluding hydrogens is 273 g/mol. The van der Waals surface area contributed by atoms with Crippen molar-refractivity contribution in [2.24, 2.45) is 5.92 Å². The summed E-state index contributed by atoms with van der Waals surface area (Å²) < 4.78 is 7.84. The van der Waals surface area contributed by atoms with E-state index in [4.69, 9.17) is 4.74 Å². The summed E-state index contributed by atoms with van der Waals surface area (Å²) in [7, 11) is 0. The summed E-state index contributed by atoms with van der Waals surface area (Å²) in [5.41, 5.74) is 0. The number of halogens is 2. The van der Waals surface area contributed by atoms with Gasteiger partial charge in [-0.3, -0.25) is 0 Å². The molecule has 1 fully saturated rings. The Morgan fingerprint density at radius 1 is 1.50 bits per heavy atom. The number of nitrogens with one attached hydrogen (secondary N) is 1. The van der Waals surface area contributed by atoms with Crippen LogP contribution in [0.1, 0.15) is 18.7 Å². The second kappa shape index (κ2) is 9.62. The molecule has 1 aliphatic heterocycles. The van der Waals surface area contributed by atoms with E-state index < -0.39 is 0 Å². The van der Waals surface area contributed by atoms with Gasteiger partial charge in [0.15, 0.2) is 0 Å². The molecule has 1 aliphatic rings. The number of hydrogen-bond acceptors (Lipinski definition) is 3. The van der Waals surface area contributed by atoms with Gasteiger partial charge in [0, 0.05) is 25.5 Å². The first kappa shape index (κ1) is 17.7. The fourth-order valence-electron chi connectivity index (χ4n) is 2.12. The number of hydrogen-bond donors (Lipinski definition) is 1. The Labute approximate surface area is 121 Å². The third-order valence-corrected chi connectivity index (χ3v) is 3.15. The lowest BCUT2D eigenvalue weighted by Crippen LogP contribution is -2.32. The third-order valence-electron chi connectivity index (χ3n) is 3.15. The maximum atomic E-state index is 5.71. The van der Waals surface area contributed by atoms with Crippen LogP contribution >= 0.6 is 24.8 Å². The van der Waals surface area contributed by atoms with E-state index in [-0.39, 0.29) is 24.8 Å². The maximum Gasteiger partial charge on any atom is 0.105 e. The van der Waals surface area contributed by atoms with Gasteiger partial charge >= 0.3 is 0 Å².